The van der Waals surface area contributed by atoms with Gasteiger partial charge in [-0.3, -0.25) is 10.1 Å². The summed E-state index contributed by atoms with van der Waals surface area (Å²) in [6.45, 7) is 5.47. The van der Waals surface area contributed by atoms with Crippen LogP contribution in [0.4, 0.5) is 5.69 Å². The van der Waals surface area contributed by atoms with Gasteiger partial charge in [0.15, 0.2) is 0 Å². The fourth-order valence-electron chi connectivity index (χ4n) is 3.84. The van der Waals surface area contributed by atoms with E-state index in [0.29, 0.717) is 0 Å². The summed E-state index contributed by atoms with van der Waals surface area (Å²) in [5.74, 6) is 0. The molecule has 0 saturated carbocycles. The van der Waals surface area contributed by atoms with E-state index in [1.165, 1.54) is 38.0 Å². The zero-order valence-corrected chi connectivity index (χ0v) is 18.7. The van der Waals surface area contributed by atoms with Gasteiger partial charge < -0.3 is 4.74 Å². The molecule has 3 rings (SSSR count). The highest BCUT2D eigenvalue weighted by Crippen LogP contribution is 2.28. The topological polar surface area (TPSA) is 130 Å². The highest BCUT2D eigenvalue weighted by atomic mass is 32.2. The first-order valence-electron chi connectivity index (χ1n) is 9.59. The van der Waals surface area contributed by atoms with E-state index in [1.807, 2.05) is 13.8 Å². The molecule has 0 N–H and O–H groups in total. The van der Waals surface area contributed by atoms with Crippen LogP contribution in [-0.2, 0) is 25.0 Å². The molecule has 0 bridgehead atoms. The highest BCUT2D eigenvalue weighted by Gasteiger charge is 2.39. The van der Waals surface area contributed by atoms with Crippen LogP contribution in [0.5, 0.6) is 0 Å². The number of hydrogen-bond acceptors (Lipinski definition) is 7. The van der Waals surface area contributed by atoms with Gasteiger partial charge in [0.2, 0.25) is 10.0 Å². The van der Waals surface area contributed by atoms with Crippen LogP contribution in [0.25, 0.3) is 0 Å². The number of piperazine rings is 1. The number of sulfonamides is 1. The molecule has 2 aliphatic rings. The van der Waals surface area contributed by atoms with E-state index in [0.717, 1.165) is 0 Å². The number of rotatable bonds is 5. The van der Waals surface area contributed by atoms with Crippen LogP contribution < -0.4 is 0 Å². The summed E-state index contributed by atoms with van der Waals surface area (Å²) in [5, 5.41) is 11.1. The van der Waals surface area contributed by atoms with E-state index in [2.05, 4.69) is 0 Å². The molecular weight excluding hydrogens is 436 g/mol. The van der Waals surface area contributed by atoms with Crippen molar-refractivity contribution in [3.63, 3.8) is 0 Å². The van der Waals surface area contributed by atoms with Gasteiger partial charge in [-0.05, 0) is 26.8 Å². The van der Waals surface area contributed by atoms with Crippen LogP contribution in [-0.4, -0.2) is 86.2 Å². The number of nitrogens with zero attached hydrogens (tertiary/aromatic N) is 4. The summed E-state index contributed by atoms with van der Waals surface area (Å²) < 4.78 is 61.5. The summed E-state index contributed by atoms with van der Waals surface area (Å²) in [7, 11) is -7.72. The first-order chi connectivity index (χ1) is 13.9. The summed E-state index contributed by atoms with van der Waals surface area (Å²) in [4.78, 5) is 10.4. The average Bonchev–Trinajstić information content (AvgIpc) is 2.67. The Morgan fingerprint density at radius 3 is 2.03 bits per heavy atom. The quantitative estimate of drug-likeness (QED) is 0.462. The first-order valence-corrected chi connectivity index (χ1v) is 12.4. The predicted octanol–water partition coefficient (Wildman–Crippen LogP) is 0.564. The minimum atomic E-state index is -3.99. The third-order valence-electron chi connectivity index (χ3n) is 5.31. The molecule has 168 valence electrons. The smallest absolute Gasteiger partial charge is 0.282 e. The lowest BCUT2D eigenvalue weighted by molar-refractivity contribution is -0.385. The fraction of sp³-hybridized carbons (Fsp3) is 0.647. The number of morpholine rings is 1. The molecule has 0 aliphatic carbocycles. The summed E-state index contributed by atoms with van der Waals surface area (Å²) >= 11 is 0. The Balaban J connectivity index is 1.75. The third-order valence-corrected chi connectivity index (χ3v) is 9.32. The van der Waals surface area contributed by atoms with Crippen molar-refractivity contribution in [2.24, 2.45) is 0 Å². The van der Waals surface area contributed by atoms with Crippen LogP contribution in [0.1, 0.15) is 19.4 Å². The van der Waals surface area contributed by atoms with Gasteiger partial charge in [0.05, 0.1) is 22.0 Å². The van der Waals surface area contributed by atoms with Gasteiger partial charge in [-0.1, -0.05) is 6.07 Å². The Labute approximate surface area is 176 Å². The van der Waals surface area contributed by atoms with E-state index >= 15 is 0 Å². The van der Waals surface area contributed by atoms with Crippen LogP contribution in [0.15, 0.2) is 23.1 Å². The molecule has 2 atom stereocenters. The molecule has 0 radical (unpaired) electrons. The molecule has 2 unspecified atom stereocenters. The van der Waals surface area contributed by atoms with Crippen LogP contribution in [0.2, 0.25) is 0 Å². The van der Waals surface area contributed by atoms with Crippen molar-refractivity contribution in [1.82, 2.24) is 12.9 Å². The van der Waals surface area contributed by atoms with Crippen molar-refractivity contribution in [1.29, 1.82) is 0 Å². The second-order valence-corrected chi connectivity index (χ2v) is 11.4. The second-order valence-electron chi connectivity index (χ2n) is 7.54. The monoisotopic (exact) mass is 462 g/mol. The second kappa shape index (κ2) is 8.48. The highest BCUT2D eigenvalue weighted by molar-refractivity contribution is 7.89. The lowest BCUT2D eigenvalue weighted by atomic mass is 10.2. The zero-order chi connectivity index (χ0) is 22.3. The molecule has 1 aromatic rings. The number of nitro benzene ring substituents is 1. The summed E-state index contributed by atoms with van der Waals surface area (Å²) in [6, 6.07) is 3.92. The lowest BCUT2D eigenvalue weighted by Gasteiger charge is -2.40. The molecule has 0 amide bonds. The van der Waals surface area contributed by atoms with Gasteiger partial charge in [-0.25, -0.2) is 8.42 Å². The van der Waals surface area contributed by atoms with E-state index < -0.39 is 25.2 Å². The van der Waals surface area contributed by atoms with Crippen molar-refractivity contribution in [3.8, 4) is 0 Å². The molecule has 13 heteroatoms. The van der Waals surface area contributed by atoms with Crippen LogP contribution >= 0.6 is 0 Å². The minimum absolute atomic E-state index is 0.00958. The van der Waals surface area contributed by atoms with E-state index in [-0.39, 0.29) is 67.6 Å². The van der Waals surface area contributed by atoms with E-state index in [9.17, 15) is 26.9 Å². The summed E-state index contributed by atoms with van der Waals surface area (Å²) in [5.41, 5.74) is -0.207. The molecule has 0 spiro atoms. The van der Waals surface area contributed by atoms with Crippen molar-refractivity contribution in [3.05, 3.63) is 33.9 Å². The van der Waals surface area contributed by atoms with Crippen molar-refractivity contribution < 1.29 is 26.5 Å². The van der Waals surface area contributed by atoms with Gasteiger partial charge in [-0.15, -0.1) is 0 Å². The Bertz CT molecular complexity index is 1010. The fourth-order valence-corrected chi connectivity index (χ4v) is 7.25. The Morgan fingerprint density at radius 1 is 0.967 bits per heavy atom. The predicted molar refractivity (Wildman–Crippen MR) is 109 cm³/mol. The van der Waals surface area contributed by atoms with Crippen molar-refractivity contribution in [2.75, 3.05) is 39.3 Å². The normalized spacial score (nSPS) is 25.3. The number of hydrogen-bond donors (Lipinski definition) is 0. The molecule has 2 fully saturated rings. The number of ether oxygens (including phenoxy) is 1. The van der Waals surface area contributed by atoms with E-state index in [4.69, 9.17) is 4.74 Å². The van der Waals surface area contributed by atoms with E-state index in [1.54, 1.807) is 0 Å². The molecule has 2 heterocycles. The molecular formula is C17H26N4O7S2. The maximum absolute atomic E-state index is 13.0. The Hall–Kier alpha value is -1.64. The first kappa shape index (κ1) is 23.0. The Morgan fingerprint density at radius 2 is 1.50 bits per heavy atom. The summed E-state index contributed by atoms with van der Waals surface area (Å²) in [6.07, 6.45) is -0.441. The number of nitro groups is 1. The van der Waals surface area contributed by atoms with Gasteiger partial charge in [0, 0.05) is 50.9 Å². The zero-order valence-electron chi connectivity index (χ0n) is 17.1. The average molecular weight is 463 g/mol. The maximum atomic E-state index is 13.0. The molecule has 11 nitrogen and oxygen atoms in total. The molecule has 0 aromatic heterocycles. The van der Waals surface area contributed by atoms with Crippen molar-refractivity contribution in [2.45, 2.75) is 37.9 Å². The standard InChI is InChI=1S/C17H26N4O7S2/c1-13-11-20(12-14(2)28-13)30(26,27)19-9-7-18(8-10-19)29(24,25)17-6-4-5-16(15(17)3)21(22)23/h4-6,13-14H,7-12H2,1-3H3. The molecule has 30 heavy (non-hydrogen) atoms. The van der Waals surface area contributed by atoms with Gasteiger partial charge in [0.1, 0.15) is 0 Å². The maximum Gasteiger partial charge on any atom is 0.282 e. The lowest BCUT2D eigenvalue weighted by Crippen LogP contribution is -2.57. The van der Waals surface area contributed by atoms with Gasteiger partial charge in [-0.2, -0.15) is 21.3 Å². The largest absolute Gasteiger partial charge is 0.373 e. The van der Waals surface area contributed by atoms with Crippen LogP contribution in [0, 0.1) is 17.0 Å². The van der Waals surface area contributed by atoms with Crippen LogP contribution in [0.3, 0.4) is 0 Å². The Kier molecular flexibility index (Phi) is 6.51. The van der Waals surface area contributed by atoms with Crippen molar-refractivity contribution >= 4 is 25.9 Å². The molecule has 1 aromatic carbocycles. The minimum Gasteiger partial charge on any atom is -0.373 e. The number of benzene rings is 1. The van der Waals surface area contributed by atoms with Gasteiger partial charge >= 0.3 is 0 Å². The molecule has 2 saturated heterocycles. The van der Waals surface area contributed by atoms with Gasteiger partial charge in [0.25, 0.3) is 15.9 Å². The third kappa shape index (κ3) is 4.36. The molecule has 2 aliphatic heterocycles. The SMILES string of the molecule is Cc1c([N+](=O)[O-])cccc1S(=O)(=O)N1CCN(S(=O)(=O)N2CC(C)OC(C)C2)CC1.